The van der Waals surface area contributed by atoms with E-state index < -0.39 is 0 Å². The van der Waals surface area contributed by atoms with Crippen LogP contribution in [-0.4, -0.2) is 15.9 Å². The molecule has 1 N–H and O–H groups in total. The van der Waals surface area contributed by atoms with E-state index in [0.717, 1.165) is 0 Å². The fourth-order valence-electron chi connectivity index (χ4n) is 1.18. The number of halogens is 2. The highest BCUT2D eigenvalue weighted by Crippen LogP contribution is 2.19. The van der Waals surface area contributed by atoms with Crippen molar-refractivity contribution >= 4 is 39.1 Å². The van der Waals surface area contributed by atoms with E-state index in [2.05, 4.69) is 31.2 Å². The first-order valence-electron chi connectivity index (χ1n) is 4.70. The lowest BCUT2D eigenvalue weighted by Gasteiger charge is -2.05. The number of carbonyl (C=O) groups is 1. The van der Waals surface area contributed by atoms with Crippen LogP contribution in [0.3, 0.4) is 0 Å². The molecule has 2 aromatic heterocycles. The number of hydrogen-bond donors (Lipinski definition) is 1. The molecule has 4 nitrogen and oxygen atoms in total. The first-order chi connectivity index (χ1) is 8.16. The quantitative estimate of drug-likeness (QED) is 0.867. The van der Waals surface area contributed by atoms with Gasteiger partial charge in [-0.3, -0.25) is 4.79 Å². The molecule has 0 aliphatic heterocycles. The molecule has 2 heterocycles. The number of nitrogens with zero attached hydrogens (tertiary/aromatic N) is 2. The molecule has 0 aliphatic carbocycles. The first kappa shape index (κ1) is 12.0. The van der Waals surface area contributed by atoms with E-state index in [1.165, 1.54) is 6.20 Å². The summed E-state index contributed by atoms with van der Waals surface area (Å²) in [5.74, 6) is -0.310. The molecule has 0 spiro atoms. The van der Waals surface area contributed by atoms with Gasteiger partial charge >= 0.3 is 0 Å². The number of amides is 1. The van der Waals surface area contributed by atoms with Crippen LogP contribution in [0.2, 0.25) is 5.02 Å². The molecule has 0 saturated carbocycles. The lowest BCUT2D eigenvalue weighted by Crippen LogP contribution is -2.13. The molecular formula is C11H7BrClN3O. The third-order valence-electron chi connectivity index (χ3n) is 1.97. The van der Waals surface area contributed by atoms with Crippen LogP contribution in [0.25, 0.3) is 0 Å². The predicted molar refractivity (Wildman–Crippen MR) is 69.1 cm³/mol. The van der Waals surface area contributed by atoms with Crippen molar-refractivity contribution in [3.63, 3.8) is 0 Å². The molecule has 0 saturated heterocycles. The molecule has 2 rings (SSSR count). The van der Waals surface area contributed by atoms with Gasteiger partial charge in [-0.1, -0.05) is 11.6 Å². The van der Waals surface area contributed by atoms with Crippen molar-refractivity contribution < 1.29 is 4.79 Å². The zero-order chi connectivity index (χ0) is 12.3. The molecule has 0 atom stereocenters. The fourth-order valence-corrected chi connectivity index (χ4v) is 1.64. The molecule has 0 bridgehead atoms. The van der Waals surface area contributed by atoms with Crippen molar-refractivity contribution in [2.75, 3.05) is 5.32 Å². The summed E-state index contributed by atoms with van der Waals surface area (Å²) < 4.78 is 0.572. The number of rotatable bonds is 2. The largest absolute Gasteiger partial charge is 0.318 e. The van der Waals surface area contributed by atoms with Crippen LogP contribution in [0.4, 0.5) is 5.69 Å². The SMILES string of the molecule is O=C(Nc1cccnc1Br)c1ccc(Cl)cn1. The van der Waals surface area contributed by atoms with Gasteiger partial charge in [-0.25, -0.2) is 9.97 Å². The van der Waals surface area contributed by atoms with E-state index in [9.17, 15) is 4.79 Å². The molecule has 0 aliphatic rings. The van der Waals surface area contributed by atoms with Gasteiger partial charge in [0.25, 0.3) is 5.91 Å². The minimum atomic E-state index is -0.310. The second-order valence-electron chi connectivity index (χ2n) is 3.16. The summed E-state index contributed by atoms with van der Waals surface area (Å²) in [6.45, 7) is 0. The van der Waals surface area contributed by atoms with Gasteiger partial charge < -0.3 is 5.32 Å². The summed E-state index contributed by atoms with van der Waals surface area (Å²) in [5.41, 5.74) is 0.888. The van der Waals surface area contributed by atoms with E-state index >= 15 is 0 Å². The zero-order valence-electron chi connectivity index (χ0n) is 8.52. The van der Waals surface area contributed by atoms with Crippen molar-refractivity contribution in [2.24, 2.45) is 0 Å². The summed E-state index contributed by atoms with van der Waals surface area (Å²) in [6, 6.07) is 6.64. The molecule has 0 radical (unpaired) electrons. The molecule has 6 heteroatoms. The van der Waals surface area contributed by atoms with Crippen LogP contribution < -0.4 is 5.32 Å². The first-order valence-corrected chi connectivity index (χ1v) is 5.87. The molecule has 86 valence electrons. The van der Waals surface area contributed by atoms with Gasteiger partial charge in [0, 0.05) is 12.4 Å². The summed E-state index contributed by atoms with van der Waals surface area (Å²) in [7, 11) is 0. The summed E-state index contributed by atoms with van der Waals surface area (Å²) >= 11 is 8.93. The molecule has 2 aromatic rings. The third-order valence-corrected chi connectivity index (χ3v) is 2.82. The van der Waals surface area contributed by atoms with Gasteiger partial charge in [-0.2, -0.15) is 0 Å². The number of aromatic nitrogens is 2. The van der Waals surface area contributed by atoms with Gasteiger partial charge in [0.15, 0.2) is 0 Å². The minimum Gasteiger partial charge on any atom is -0.318 e. The second-order valence-corrected chi connectivity index (χ2v) is 4.35. The van der Waals surface area contributed by atoms with E-state index in [0.29, 0.717) is 21.0 Å². The van der Waals surface area contributed by atoms with Crippen LogP contribution in [0.5, 0.6) is 0 Å². The Morgan fingerprint density at radius 3 is 2.76 bits per heavy atom. The van der Waals surface area contributed by atoms with E-state index in [1.54, 1.807) is 30.5 Å². The zero-order valence-corrected chi connectivity index (χ0v) is 10.9. The smallest absolute Gasteiger partial charge is 0.274 e. The predicted octanol–water partition coefficient (Wildman–Crippen LogP) is 3.14. The van der Waals surface area contributed by atoms with E-state index in [1.807, 2.05) is 0 Å². The third kappa shape index (κ3) is 3.01. The number of nitrogens with one attached hydrogen (secondary N) is 1. The lowest BCUT2D eigenvalue weighted by atomic mass is 10.3. The molecule has 0 unspecified atom stereocenters. The lowest BCUT2D eigenvalue weighted by molar-refractivity contribution is 0.102. The maximum atomic E-state index is 11.8. The van der Waals surface area contributed by atoms with Gasteiger partial charge in [-0.05, 0) is 40.2 Å². The molecular weight excluding hydrogens is 305 g/mol. The highest BCUT2D eigenvalue weighted by atomic mass is 79.9. The Morgan fingerprint density at radius 1 is 1.29 bits per heavy atom. The van der Waals surface area contributed by atoms with Gasteiger partial charge in [-0.15, -0.1) is 0 Å². The Morgan fingerprint density at radius 2 is 2.12 bits per heavy atom. The Bertz CT molecular complexity index is 545. The number of carbonyl (C=O) groups excluding carboxylic acids is 1. The van der Waals surface area contributed by atoms with Crippen molar-refractivity contribution in [2.45, 2.75) is 0 Å². The summed E-state index contributed by atoms with van der Waals surface area (Å²) in [5, 5.41) is 3.18. The maximum Gasteiger partial charge on any atom is 0.274 e. The Labute approximate surface area is 111 Å². The monoisotopic (exact) mass is 311 g/mol. The average molecular weight is 313 g/mol. The minimum absolute atomic E-state index is 0.296. The Kier molecular flexibility index (Phi) is 3.71. The van der Waals surface area contributed by atoms with Crippen molar-refractivity contribution in [3.8, 4) is 0 Å². The van der Waals surface area contributed by atoms with Gasteiger partial charge in [0.1, 0.15) is 10.3 Å². The van der Waals surface area contributed by atoms with Crippen LogP contribution in [0.1, 0.15) is 10.5 Å². The Balaban J connectivity index is 2.17. The molecule has 1 amide bonds. The van der Waals surface area contributed by atoms with E-state index in [-0.39, 0.29) is 5.91 Å². The van der Waals surface area contributed by atoms with Gasteiger partial charge in [0.2, 0.25) is 0 Å². The normalized spacial score (nSPS) is 10.0. The van der Waals surface area contributed by atoms with Crippen LogP contribution >= 0.6 is 27.5 Å². The highest BCUT2D eigenvalue weighted by molar-refractivity contribution is 9.10. The van der Waals surface area contributed by atoms with Crippen molar-refractivity contribution in [3.05, 3.63) is 52.0 Å². The van der Waals surface area contributed by atoms with Crippen LogP contribution in [-0.2, 0) is 0 Å². The summed E-state index contributed by atoms with van der Waals surface area (Å²) in [6.07, 6.45) is 3.05. The van der Waals surface area contributed by atoms with Gasteiger partial charge in [0.05, 0.1) is 10.7 Å². The average Bonchev–Trinajstić information content (AvgIpc) is 2.33. The molecule has 17 heavy (non-hydrogen) atoms. The fraction of sp³-hybridized carbons (Fsp3) is 0. The van der Waals surface area contributed by atoms with Crippen molar-refractivity contribution in [1.82, 2.24) is 9.97 Å². The number of anilines is 1. The highest BCUT2D eigenvalue weighted by Gasteiger charge is 2.09. The second kappa shape index (κ2) is 5.25. The van der Waals surface area contributed by atoms with Crippen LogP contribution in [0.15, 0.2) is 41.3 Å². The van der Waals surface area contributed by atoms with Crippen LogP contribution in [0, 0.1) is 0 Å². The number of hydrogen-bond acceptors (Lipinski definition) is 3. The topological polar surface area (TPSA) is 54.9 Å². The molecule has 0 aromatic carbocycles. The standard InChI is InChI=1S/C11H7BrClN3O/c12-10-8(2-1-5-14-10)16-11(17)9-4-3-7(13)6-15-9/h1-6H,(H,16,17). The molecule has 0 fully saturated rings. The van der Waals surface area contributed by atoms with Crippen molar-refractivity contribution in [1.29, 1.82) is 0 Å². The maximum absolute atomic E-state index is 11.8. The Hall–Kier alpha value is -1.46. The number of pyridine rings is 2. The summed E-state index contributed by atoms with van der Waals surface area (Å²) in [4.78, 5) is 19.7. The van der Waals surface area contributed by atoms with E-state index in [4.69, 9.17) is 11.6 Å².